The predicted octanol–water partition coefficient (Wildman–Crippen LogP) is 15.6. The van der Waals surface area contributed by atoms with Gasteiger partial charge >= 0.3 is 0 Å². The van der Waals surface area contributed by atoms with Crippen LogP contribution < -0.4 is 0 Å². The number of hydrogen-bond donors (Lipinski definition) is 0. The first-order valence-electron chi connectivity index (χ1n) is 21.2. The number of nitrogens with zero attached hydrogens (tertiary/aromatic N) is 3. The third-order valence-corrected chi connectivity index (χ3v) is 13.1. The second kappa shape index (κ2) is 12.6. The van der Waals surface area contributed by atoms with E-state index >= 15 is 0 Å². The van der Waals surface area contributed by atoms with Crippen LogP contribution in [-0.2, 0) is 0 Å². The summed E-state index contributed by atoms with van der Waals surface area (Å²) in [5, 5.41) is 11.6. The molecule has 1 aliphatic carbocycles. The van der Waals surface area contributed by atoms with Crippen LogP contribution in [0.5, 0.6) is 0 Å². The molecule has 0 radical (unpaired) electrons. The lowest BCUT2D eigenvalue weighted by molar-refractivity contribution is 0.672. The Kier molecular flexibility index (Phi) is 6.80. The average molecular weight is 788 g/mol. The molecule has 0 saturated carbocycles. The standard InChI is InChI=1S/C58H33N3O/c1-2-14-35(15-3-1)47-33-48(38-28-27-34-13-4-5-16-37(34)31-38)60-58(59-47)45-24-11-23-44-51(32-46-41-20-8-9-26-52(41)62-57(46)54(44)45)61-49-25-12-22-43-40-19-7-6-18-39(40)42-21-10-17-36-29-30-50(61)56(53(36)42)55(43)49/h1-33H. The zero-order chi connectivity index (χ0) is 40.5. The summed E-state index contributed by atoms with van der Waals surface area (Å²) < 4.78 is 9.42. The first-order valence-corrected chi connectivity index (χ1v) is 21.2. The molecule has 0 unspecified atom stereocenters. The van der Waals surface area contributed by atoms with E-state index in [1.807, 2.05) is 12.1 Å². The molecule has 4 heteroatoms. The van der Waals surface area contributed by atoms with E-state index in [0.717, 1.165) is 72.0 Å². The highest BCUT2D eigenvalue weighted by molar-refractivity contribution is 6.31. The third-order valence-electron chi connectivity index (χ3n) is 13.1. The fourth-order valence-corrected chi connectivity index (χ4v) is 10.4. The zero-order valence-electron chi connectivity index (χ0n) is 33.3. The summed E-state index contributed by atoms with van der Waals surface area (Å²) in [4.78, 5) is 10.8. The van der Waals surface area contributed by atoms with Crippen LogP contribution in [0.2, 0.25) is 0 Å². The maximum Gasteiger partial charge on any atom is 0.161 e. The van der Waals surface area contributed by atoms with E-state index in [4.69, 9.17) is 14.4 Å². The Morgan fingerprint density at radius 2 is 0.984 bits per heavy atom. The van der Waals surface area contributed by atoms with Gasteiger partial charge in [-0.2, -0.15) is 0 Å². The van der Waals surface area contributed by atoms with E-state index in [2.05, 4.69) is 193 Å². The lowest BCUT2D eigenvalue weighted by Crippen LogP contribution is -1.99. The lowest BCUT2D eigenvalue weighted by atomic mass is 9.93. The molecule has 13 aromatic rings. The minimum Gasteiger partial charge on any atom is -0.455 e. The number of para-hydroxylation sites is 1. The van der Waals surface area contributed by atoms with Crippen LogP contribution in [0.1, 0.15) is 0 Å². The summed E-state index contributed by atoms with van der Waals surface area (Å²) in [6.45, 7) is 0. The summed E-state index contributed by atoms with van der Waals surface area (Å²) in [6, 6.07) is 71.9. The second-order valence-electron chi connectivity index (χ2n) is 16.4. The molecule has 10 aromatic carbocycles. The first kappa shape index (κ1) is 33.5. The normalized spacial score (nSPS) is 12.2. The lowest BCUT2D eigenvalue weighted by Gasteiger charge is -2.17. The number of hydrogen-bond acceptors (Lipinski definition) is 3. The van der Waals surface area contributed by atoms with Crippen molar-refractivity contribution >= 4 is 76.1 Å². The van der Waals surface area contributed by atoms with Gasteiger partial charge in [0.05, 0.1) is 28.1 Å². The zero-order valence-corrected chi connectivity index (χ0v) is 33.3. The van der Waals surface area contributed by atoms with Crippen LogP contribution in [0, 0.1) is 0 Å². The van der Waals surface area contributed by atoms with E-state index < -0.39 is 0 Å². The number of benzene rings is 10. The highest BCUT2D eigenvalue weighted by Gasteiger charge is 2.27. The van der Waals surface area contributed by atoms with Gasteiger partial charge in [-0.05, 0) is 80.2 Å². The van der Waals surface area contributed by atoms with Crippen molar-refractivity contribution in [3.05, 3.63) is 200 Å². The van der Waals surface area contributed by atoms with E-state index in [1.54, 1.807) is 0 Å². The fourth-order valence-electron chi connectivity index (χ4n) is 10.4. The molecule has 3 heterocycles. The Hall–Kier alpha value is -8.34. The summed E-state index contributed by atoms with van der Waals surface area (Å²) in [7, 11) is 0. The third kappa shape index (κ3) is 4.66. The Bertz CT molecular complexity index is 4040. The van der Waals surface area contributed by atoms with Crippen molar-refractivity contribution in [3.8, 4) is 61.8 Å². The Morgan fingerprint density at radius 1 is 0.355 bits per heavy atom. The summed E-state index contributed by atoms with van der Waals surface area (Å²) in [6.07, 6.45) is 0. The van der Waals surface area contributed by atoms with Crippen molar-refractivity contribution < 1.29 is 4.42 Å². The van der Waals surface area contributed by atoms with Crippen LogP contribution in [0.4, 0.5) is 0 Å². The molecule has 0 aliphatic heterocycles. The van der Waals surface area contributed by atoms with E-state index in [9.17, 15) is 0 Å². The Labute approximate surface area is 355 Å². The van der Waals surface area contributed by atoms with Gasteiger partial charge in [0.15, 0.2) is 5.82 Å². The van der Waals surface area contributed by atoms with Crippen LogP contribution in [0.15, 0.2) is 205 Å². The molecule has 0 saturated heterocycles. The molecule has 3 aromatic heterocycles. The number of aromatic nitrogens is 3. The average Bonchev–Trinajstić information content (AvgIpc) is 3.85. The van der Waals surface area contributed by atoms with Crippen LogP contribution in [0.3, 0.4) is 0 Å². The molecule has 4 nitrogen and oxygen atoms in total. The molecule has 286 valence electrons. The molecule has 14 rings (SSSR count). The second-order valence-corrected chi connectivity index (χ2v) is 16.4. The molecule has 0 fully saturated rings. The first-order chi connectivity index (χ1) is 30.7. The van der Waals surface area contributed by atoms with E-state index in [-0.39, 0.29) is 0 Å². The molecule has 0 N–H and O–H groups in total. The van der Waals surface area contributed by atoms with Crippen molar-refractivity contribution in [2.45, 2.75) is 0 Å². The van der Waals surface area contributed by atoms with Gasteiger partial charge in [0.25, 0.3) is 0 Å². The highest BCUT2D eigenvalue weighted by atomic mass is 16.3. The fraction of sp³-hybridized carbons (Fsp3) is 0. The van der Waals surface area contributed by atoms with Crippen molar-refractivity contribution in [3.63, 3.8) is 0 Å². The van der Waals surface area contributed by atoms with Crippen molar-refractivity contribution in [1.82, 2.24) is 14.5 Å². The van der Waals surface area contributed by atoms with Crippen molar-refractivity contribution in [2.75, 3.05) is 0 Å². The predicted molar refractivity (Wildman–Crippen MR) is 257 cm³/mol. The van der Waals surface area contributed by atoms with Gasteiger partial charge in [-0.15, -0.1) is 0 Å². The maximum absolute atomic E-state index is 6.93. The van der Waals surface area contributed by atoms with Gasteiger partial charge in [-0.25, -0.2) is 9.97 Å². The molecule has 0 bridgehead atoms. The van der Waals surface area contributed by atoms with Crippen LogP contribution in [-0.4, -0.2) is 14.5 Å². The monoisotopic (exact) mass is 787 g/mol. The SMILES string of the molecule is c1ccc(-c2cc(-c3ccc4ccccc4c3)nc(-c3cccc4c(-n5c6cccc7c6c6c8c(cccc8ccc65)-c5ccccc5-7)cc5c6ccccc6oc5c34)n2)cc1. The summed E-state index contributed by atoms with van der Waals surface area (Å²) in [5.41, 5.74) is 14.8. The van der Waals surface area contributed by atoms with Gasteiger partial charge in [0.1, 0.15) is 11.2 Å². The van der Waals surface area contributed by atoms with Gasteiger partial charge in [-0.1, -0.05) is 164 Å². The Morgan fingerprint density at radius 3 is 1.85 bits per heavy atom. The molecular weight excluding hydrogens is 755 g/mol. The topological polar surface area (TPSA) is 43.9 Å². The molecule has 0 amide bonds. The van der Waals surface area contributed by atoms with Crippen molar-refractivity contribution in [2.24, 2.45) is 0 Å². The molecule has 0 spiro atoms. The smallest absolute Gasteiger partial charge is 0.161 e. The van der Waals surface area contributed by atoms with Gasteiger partial charge in [-0.3, -0.25) is 0 Å². The minimum absolute atomic E-state index is 0.644. The molecule has 1 aliphatic rings. The maximum atomic E-state index is 6.93. The van der Waals surface area contributed by atoms with E-state index in [0.29, 0.717) is 5.82 Å². The van der Waals surface area contributed by atoms with E-state index in [1.165, 1.54) is 60.1 Å². The Balaban J connectivity index is 1.12. The molecule has 0 atom stereocenters. The largest absolute Gasteiger partial charge is 0.455 e. The molecule has 62 heavy (non-hydrogen) atoms. The van der Waals surface area contributed by atoms with Crippen LogP contribution in [0.25, 0.3) is 138 Å². The van der Waals surface area contributed by atoms with Crippen LogP contribution >= 0.6 is 0 Å². The quantitative estimate of drug-likeness (QED) is 0.178. The number of rotatable bonds is 4. The number of fused-ring (bicyclic) bond motifs is 9. The summed E-state index contributed by atoms with van der Waals surface area (Å²) in [5.74, 6) is 0.644. The number of furan rings is 1. The van der Waals surface area contributed by atoms with Gasteiger partial charge in [0, 0.05) is 49.0 Å². The van der Waals surface area contributed by atoms with Gasteiger partial charge in [0.2, 0.25) is 0 Å². The van der Waals surface area contributed by atoms with Crippen molar-refractivity contribution in [1.29, 1.82) is 0 Å². The molecular formula is C58H33N3O. The van der Waals surface area contributed by atoms with Gasteiger partial charge < -0.3 is 8.98 Å². The highest BCUT2D eigenvalue weighted by Crippen LogP contribution is 2.51. The minimum atomic E-state index is 0.644. The summed E-state index contributed by atoms with van der Waals surface area (Å²) >= 11 is 0.